The minimum Gasteiger partial charge on any atom is -0.459 e. The molecule has 14 nitrogen and oxygen atoms in total. The maximum absolute atomic E-state index is 15.8. The molecular formula is C58H40N4O10S8. The average Bonchev–Trinajstić information content (AvgIpc) is 3.17. The van der Waals surface area contributed by atoms with E-state index in [-0.39, 0.29) is 70.6 Å². The molecular weight excluding hydrogens is 1170 g/mol. The van der Waals surface area contributed by atoms with E-state index in [1.54, 1.807) is 60.7 Å². The van der Waals surface area contributed by atoms with E-state index >= 15 is 19.2 Å². The summed E-state index contributed by atoms with van der Waals surface area (Å²) in [6.45, 7) is 3.44. The van der Waals surface area contributed by atoms with Gasteiger partial charge in [-0.2, -0.15) is 0 Å². The van der Waals surface area contributed by atoms with Crippen LogP contribution in [0, 0.1) is 0 Å². The molecule has 0 spiro atoms. The maximum Gasteiger partial charge on any atom is 0.333 e. The minimum absolute atomic E-state index is 0.121. The van der Waals surface area contributed by atoms with Crippen molar-refractivity contribution in [1.29, 1.82) is 0 Å². The van der Waals surface area contributed by atoms with Gasteiger partial charge in [0.2, 0.25) is 10.8 Å². The number of rotatable bonds is 16. The fraction of sp³-hybridized carbons (Fsp3) is 0.172. The summed E-state index contributed by atoms with van der Waals surface area (Å²) in [4.78, 5) is 105. The van der Waals surface area contributed by atoms with E-state index in [4.69, 9.17) is 53.4 Å². The zero-order valence-corrected chi connectivity index (χ0v) is 48.6. The van der Waals surface area contributed by atoms with Crippen molar-refractivity contribution in [2.75, 3.05) is 13.1 Å². The van der Waals surface area contributed by atoms with Crippen LogP contribution in [0.25, 0.3) is 28.9 Å². The molecule has 0 N–H and O–H groups in total. The highest BCUT2D eigenvalue weighted by Gasteiger charge is 2.65. The van der Waals surface area contributed by atoms with Crippen molar-refractivity contribution in [3.63, 3.8) is 0 Å². The lowest BCUT2D eigenvalue weighted by Crippen LogP contribution is -2.46. The molecule has 22 heteroatoms. The Balaban J connectivity index is 1.10. The molecule has 2 aliphatic heterocycles. The molecule has 0 bridgehead atoms. The number of carbonyl (C=O) groups is 6. The summed E-state index contributed by atoms with van der Waals surface area (Å²) in [7, 11) is 0. The number of thiophene rings is 4. The Hall–Kier alpha value is -7.02. The summed E-state index contributed by atoms with van der Waals surface area (Å²) < 4.78 is 26.6. The minimum atomic E-state index is -2.33. The molecule has 4 aromatic heterocycles. The molecule has 0 unspecified atom stereocenters. The van der Waals surface area contributed by atoms with Crippen molar-refractivity contribution in [2.24, 2.45) is 9.98 Å². The molecule has 6 heterocycles. The number of benzene rings is 4. The Morgan fingerprint density at radius 1 is 0.463 bits per heavy atom. The van der Waals surface area contributed by atoms with E-state index in [1.165, 1.54) is 32.5 Å². The number of aliphatic imine (C=N–C) groups is 2. The number of carbonyl (C=O) groups excluding carboxylic acids is 6. The van der Waals surface area contributed by atoms with Crippen molar-refractivity contribution in [2.45, 2.75) is 51.1 Å². The first-order chi connectivity index (χ1) is 38.9. The second-order valence-electron chi connectivity index (χ2n) is 18.3. The van der Waals surface area contributed by atoms with Crippen molar-refractivity contribution < 1.29 is 47.7 Å². The first kappa shape index (κ1) is 53.6. The number of hydrogen-bond donors (Lipinski definition) is 0. The number of esters is 4. The molecule has 80 heavy (non-hydrogen) atoms. The molecule has 2 saturated heterocycles. The monoisotopic (exact) mass is 1210 g/mol. The van der Waals surface area contributed by atoms with Gasteiger partial charge in [0, 0.05) is 35.3 Å². The van der Waals surface area contributed by atoms with Gasteiger partial charge in [-0.3, -0.25) is 38.6 Å². The van der Waals surface area contributed by atoms with Gasteiger partial charge in [0.15, 0.2) is 10.1 Å². The Morgan fingerprint density at radius 2 is 0.762 bits per heavy atom. The van der Waals surface area contributed by atoms with Crippen LogP contribution in [0.3, 0.4) is 0 Å². The van der Waals surface area contributed by atoms with Crippen LogP contribution < -0.4 is 0 Å². The lowest BCUT2D eigenvalue weighted by molar-refractivity contribution is -0.166. The van der Waals surface area contributed by atoms with Crippen LogP contribution in [0.15, 0.2) is 143 Å². The second kappa shape index (κ2) is 21.8. The van der Waals surface area contributed by atoms with Crippen LogP contribution in [-0.4, -0.2) is 77.3 Å². The second-order valence-corrected chi connectivity index (χ2v) is 25.7. The van der Waals surface area contributed by atoms with Crippen molar-refractivity contribution in [3.05, 3.63) is 178 Å². The SMILES string of the molecule is CCN1C(=O)C(=Nc2cc3c(s2)-c2sc4c5c(sc4c2C3(C(=O)OCc2ccccc2)C(=O)OCc2ccccc2)-c2sc(N=C3SC(=S)N(CC)C3=O)cc2C5(C(=O)OCc2ccccc2)C(=O)OCc2ccccc2)SC1=S. The van der Waals surface area contributed by atoms with Crippen LogP contribution in [0.2, 0.25) is 0 Å². The molecule has 12 rings (SSSR count). The molecule has 2 amide bonds. The Labute approximate surface area is 492 Å². The molecule has 0 atom stereocenters. The molecule has 2 fully saturated rings. The molecule has 4 aromatic carbocycles. The Kier molecular flexibility index (Phi) is 14.6. The number of fused-ring (bicyclic) bond motifs is 9. The molecule has 8 aromatic rings. The number of amides is 2. The predicted octanol–water partition coefficient (Wildman–Crippen LogP) is 12.4. The smallest absolute Gasteiger partial charge is 0.333 e. The van der Waals surface area contributed by atoms with Gasteiger partial charge in [0.05, 0.1) is 28.9 Å². The van der Waals surface area contributed by atoms with E-state index in [0.717, 1.165) is 46.2 Å². The van der Waals surface area contributed by atoms with Crippen LogP contribution in [0.1, 0.15) is 58.4 Å². The van der Waals surface area contributed by atoms with Crippen molar-refractivity contribution >= 4 is 167 Å². The van der Waals surface area contributed by atoms with Gasteiger partial charge >= 0.3 is 23.9 Å². The van der Waals surface area contributed by atoms with Gasteiger partial charge < -0.3 is 18.9 Å². The molecule has 400 valence electrons. The normalized spacial score (nSPS) is 16.6. The highest BCUT2D eigenvalue weighted by atomic mass is 32.2. The topological polar surface area (TPSA) is 171 Å². The first-order valence-corrected chi connectivity index (χ1v) is 30.6. The highest BCUT2D eigenvalue weighted by molar-refractivity contribution is 8.35. The third-order valence-electron chi connectivity index (χ3n) is 13.7. The predicted molar refractivity (Wildman–Crippen MR) is 322 cm³/mol. The number of thioether (sulfide) groups is 2. The molecule has 0 saturated carbocycles. The van der Waals surface area contributed by atoms with Gasteiger partial charge in [-0.1, -0.05) is 146 Å². The fourth-order valence-corrected chi connectivity index (χ4v) is 18.2. The van der Waals surface area contributed by atoms with E-state index in [1.807, 2.05) is 86.6 Å². The quantitative estimate of drug-likeness (QED) is 0.0387. The molecule has 2 aliphatic carbocycles. The van der Waals surface area contributed by atoms with Crippen molar-refractivity contribution in [3.8, 4) is 19.5 Å². The fourth-order valence-electron chi connectivity index (χ4n) is 9.95. The maximum atomic E-state index is 15.8. The standard InChI is InChI=1S/C58H40N4O10S8/c1-3-61-49(63)47(79-55(61)73)59-37-25-35-41(75-37)43-39(57(35,51(65)69-27-31-17-9-5-10-18-31)52(66)70-28-32-19-11-6-12-20-32)45-46(77-43)40-44(78-45)42-36(26-38(76-42)60-48-50(64)62(4-2)56(74)80-48)58(40,53(67)71-29-33-21-13-7-14-22-33)54(68)72-30-34-23-15-8-16-24-34/h5-26H,3-4,27-30H2,1-2H3. The van der Waals surface area contributed by atoms with Crippen LogP contribution in [0.4, 0.5) is 10.0 Å². The number of thiocarbonyl (C=S) groups is 2. The zero-order valence-electron chi connectivity index (χ0n) is 42.1. The Morgan fingerprint density at radius 3 is 1.04 bits per heavy atom. The van der Waals surface area contributed by atoms with Gasteiger partial charge in [-0.15, -0.1) is 45.3 Å². The summed E-state index contributed by atoms with van der Waals surface area (Å²) in [5.41, 5.74) is -1.12. The third-order valence-corrected chi connectivity index (χ3v) is 21.3. The van der Waals surface area contributed by atoms with E-state index < -0.39 is 34.7 Å². The summed E-state index contributed by atoms with van der Waals surface area (Å²) in [5, 5.41) is 0.847. The van der Waals surface area contributed by atoms with E-state index in [0.29, 0.717) is 82.9 Å². The van der Waals surface area contributed by atoms with Crippen LogP contribution in [-0.2, 0) is 85.0 Å². The summed E-state index contributed by atoms with van der Waals surface area (Å²) in [5.74, 6) is -4.54. The van der Waals surface area contributed by atoms with Crippen LogP contribution >= 0.6 is 93.3 Å². The van der Waals surface area contributed by atoms with Gasteiger partial charge in [0.1, 0.15) is 45.1 Å². The van der Waals surface area contributed by atoms with E-state index in [2.05, 4.69) is 0 Å². The number of nitrogens with zero attached hydrogens (tertiary/aromatic N) is 4. The molecule has 0 radical (unpaired) electrons. The summed E-state index contributed by atoms with van der Waals surface area (Å²) >= 11 is 17.9. The lowest BCUT2D eigenvalue weighted by atomic mass is 9.77. The summed E-state index contributed by atoms with van der Waals surface area (Å²) in [6.07, 6.45) is 0. The Bertz CT molecular complexity index is 3600. The van der Waals surface area contributed by atoms with E-state index in [9.17, 15) is 9.59 Å². The average molecular weight is 1210 g/mol. The number of hydrogen-bond acceptors (Lipinski definition) is 20. The van der Waals surface area contributed by atoms with Gasteiger partial charge in [-0.05, 0) is 71.8 Å². The highest BCUT2D eigenvalue weighted by Crippen LogP contribution is 2.68. The van der Waals surface area contributed by atoms with Gasteiger partial charge in [-0.25, -0.2) is 9.98 Å². The third kappa shape index (κ3) is 8.96. The van der Waals surface area contributed by atoms with Crippen LogP contribution in [0.5, 0.6) is 0 Å². The van der Waals surface area contributed by atoms with Crippen molar-refractivity contribution in [1.82, 2.24) is 9.80 Å². The lowest BCUT2D eigenvalue weighted by Gasteiger charge is -2.27. The van der Waals surface area contributed by atoms with Gasteiger partial charge in [0.25, 0.3) is 11.8 Å². The summed E-state index contributed by atoms with van der Waals surface area (Å²) in [6, 6.07) is 39.4. The largest absolute Gasteiger partial charge is 0.459 e. The zero-order chi connectivity index (χ0) is 55.5. The molecule has 4 aliphatic rings. The number of ether oxygens (including phenoxy) is 4. The first-order valence-electron chi connectivity index (χ1n) is 24.9.